The van der Waals surface area contributed by atoms with Crippen LogP contribution in [0.2, 0.25) is 0 Å². The molecule has 2 heterocycles. The highest BCUT2D eigenvalue weighted by molar-refractivity contribution is 8.00. The van der Waals surface area contributed by atoms with Crippen LogP contribution in [-0.2, 0) is 14.4 Å². The zero-order valence-corrected chi connectivity index (χ0v) is 9.28. The van der Waals surface area contributed by atoms with Gasteiger partial charge >= 0.3 is 5.97 Å². The van der Waals surface area contributed by atoms with Gasteiger partial charge in [-0.1, -0.05) is 0 Å². The van der Waals surface area contributed by atoms with Crippen LogP contribution in [0.15, 0.2) is 11.3 Å². The summed E-state index contributed by atoms with van der Waals surface area (Å²) in [6.45, 7) is 1.29. The summed E-state index contributed by atoms with van der Waals surface area (Å²) in [6.07, 6.45) is 0. The maximum absolute atomic E-state index is 11.5. The molecular formula is C9H10N2O4S. The van der Waals surface area contributed by atoms with Gasteiger partial charge in [-0.15, -0.1) is 11.8 Å². The number of carboxylic acids is 1. The first kappa shape index (κ1) is 11.2. The Hall–Kier alpha value is -1.34. The fraction of sp³-hybridized carbons (Fsp3) is 0.444. The van der Waals surface area contributed by atoms with Crippen molar-refractivity contribution >= 4 is 29.4 Å². The van der Waals surface area contributed by atoms with Crippen LogP contribution >= 0.6 is 11.8 Å². The summed E-state index contributed by atoms with van der Waals surface area (Å²) in [5.74, 6) is -1.72. The van der Waals surface area contributed by atoms with Crippen LogP contribution in [-0.4, -0.2) is 44.8 Å². The minimum absolute atomic E-state index is 0.175. The van der Waals surface area contributed by atoms with Gasteiger partial charge in [0.05, 0.1) is 0 Å². The zero-order chi connectivity index (χ0) is 12.0. The van der Waals surface area contributed by atoms with E-state index in [9.17, 15) is 14.4 Å². The number of fused-ring (bicyclic) bond motifs is 1. The summed E-state index contributed by atoms with van der Waals surface area (Å²) in [7, 11) is 0. The highest BCUT2D eigenvalue weighted by atomic mass is 32.2. The average molecular weight is 242 g/mol. The number of hydrogen-bond donors (Lipinski definition) is 2. The lowest BCUT2D eigenvalue weighted by Crippen LogP contribution is -2.68. The third kappa shape index (κ3) is 1.35. The Labute approximate surface area is 95.5 Å². The molecule has 86 valence electrons. The summed E-state index contributed by atoms with van der Waals surface area (Å²) in [6, 6.07) is -0.659. The maximum atomic E-state index is 11.5. The van der Waals surface area contributed by atoms with E-state index < -0.39 is 17.9 Å². The molecule has 0 saturated carbocycles. The van der Waals surface area contributed by atoms with Crippen molar-refractivity contribution in [3.63, 3.8) is 0 Å². The van der Waals surface area contributed by atoms with E-state index in [-0.39, 0.29) is 22.4 Å². The van der Waals surface area contributed by atoms with Crippen LogP contribution in [0.5, 0.6) is 0 Å². The maximum Gasteiger partial charge on any atom is 0.353 e. The fourth-order valence-electron chi connectivity index (χ4n) is 1.79. The van der Waals surface area contributed by atoms with Gasteiger partial charge in [0.1, 0.15) is 17.1 Å². The Bertz CT molecular complexity index is 431. The van der Waals surface area contributed by atoms with Gasteiger partial charge in [-0.3, -0.25) is 14.5 Å². The molecule has 16 heavy (non-hydrogen) atoms. The first-order valence-electron chi connectivity index (χ1n) is 4.62. The van der Waals surface area contributed by atoms with E-state index in [1.165, 1.54) is 18.7 Å². The number of amides is 1. The molecule has 0 aromatic carbocycles. The molecule has 0 aromatic rings. The number of nitrogens with two attached hydrogens (primary N) is 1. The van der Waals surface area contributed by atoms with Crippen molar-refractivity contribution in [1.82, 2.24) is 4.90 Å². The predicted octanol–water partition coefficient (Wildman–Crippen LogP) is -0.843. The Morgan fingerprint density at radius 1 is 1.56 bits per heavy atom. The second-order valence-corrected chi connectivity index (χ2v) is 4.73. The van der Waals surface area contributed by atoms with Gasteiger partial charge in [-0.05, 0) is 6.92 Å². The molecule has 7 heteroatoms. The molecule has 2 aliphatic heterocycles. The van der Waals surface area contributed by atoms with Crippen LogP contribution in [0.3, 0.4) is 0 Å². The van der Waals surface area contributed by atoms with E-state index in [1.54, 1.807) is 0 Å². The van der Waals surface area contributed by atoms with Gasteiger partial charge in [-0.2, -0.15) is 0 Å². The molecule has 2 rings (SSSR count). The molecule has 0 bridgehead atoms. The molecule has 1 amide bonds. The zero-order valence-electron chi connectivity index (χ0n) is 8.47. The molecule has 3 N–H and O–H groups in total. The molecule has 0 unspecified atom stereocenters. The smallest absolute Gasteiger partial charge is 0.353 e. The molecular weight excluding hydrogens is 232 g/mol. The van der Waals surface area contributed by atoms with Crippen LogP contribution < -0.4 is 5.73 Å². The molecule has 1 fully saturated rings. The summed E-state index contributed by atoms with van der Waals surface area (Å²) < 4.78 is 0. The third-order valence-electron chi connectivity index (χ3n) is 2.64. The number of Topliss-reactive ketones (excluding diaryl/α,β-unsaturated/α-hetero) is 1. The Morgan fingerprint density at radius 2 is 2.19 bits per heavy atom. The van der Waals surface area contributed by atoms with Crippen molar-refractivity contribution in [2.24, 2.45) is 5.73 Å². The number of β-lactam (4-membered cyclic amide) rings is 1. The average Bonchev–Trinajstić information content (AvgIpc) is 2.25. The normalized spacial score (nSPS) is 28.6. The number of nitrogens with zero attached hydrogens (tertiary/aromatic N) is 1. The molecule has 2 aliphatic rings. The quantitative estimate of drug-likeness (QED) is 0.612. The molecule has 2 atom stereocenters. The standard InChI is InChI=1S/C9H10N2O4S/c1-3(12)4-2-16-8-5(10)7(13)11(8)6(4)9(14)15/h5,8H,2,10H2,1H3,(H,14,15)/t5-,8+/m1/s1. The van der Waals surface area contributed by atoms with E-state index >= 15 is 0 Å². The molecule has 0 radical (unpaired) electrons. The SMILES string of the molecule is CC(=O)C1=C(C(=O)O)N2C(=O)[C@@H](N)[C@@H]2SC1. The Balaban J connectivity index is 2.46. The number of aliphatic carboxylic acids is 1. The van der Waals surface area contributed by atoms with Crippen molar-refractivity contribution in [2.75, 3.05) is 5.75 Å². The van der Waals surface area contributed by atoms with Crippen molar-refractivity contribution in [3.05, 3.63) is 11.3 Å². The van der Waals surface area contributed by atoms with E-state index in [4.69, 9.17) is 10.8 Å². The van der Waals surface area contributed by atoms with Crippen LogP contribution in [0.4, 0.5) is 0 Å². The molecule has 0 aromatic heterocycles. The number of carboxylic acid groups (broad SMARTS) is 1. The van der Waals surface area contributed by atoms with Crippen LogP contribution in [0.1, 0.15) is 6.92 Å². The Morgan fingerprint density at radius 3 is 2.69 bits per heavy atom. The summed E-state index contributed by atoms with van der Waals surface area (Å²) in [5.41, 5.74) is 5.52. The van der Waals surface area contributed by atoms with E-state index in [0.717, 1.165) is 4.90 Å². The highest BCUT2D eigenvalue weighted by Crippen LogP contribution is 2.39. The van der Waals surface area contributed by atoms with Gasteiger partial charge in [0.15, 0.2) is 5.78 Å². The molecule has 0 aliphatic carbocycles. The van der Waals surface area contributed by atoms with Gasteiger partial charge < -0.3 is 10.8 Å². The minimum Gasteiger partial charge on any atom is -0.477 e. The lowest BCUT2D eigenvalue weighted by molar-refractivity contribution is -0.148. The van der Waals surface area contributed by atoms with Crippen LogP contribution in [0.25, 0.3) is 0 Å². The first-order chi connectivity index (χ1) is 7.45. The van der Waals surface area contributed by atoms with Gasteiger partial charge in [0.2, 0.25) is 5.91 Å². The van der Waals surface area contributed by atoms with E-state index in [1.807, 2.05) is 0 Å². The fourth-order valence-corrected chi connectivity index (χ4v) is 3.14. The van der Waals surface area contributed by atoms with Crippen molar-refractivity contribution in [3.8, 4) is 0 Å². The third-order valence-corrected chi connectivity index (χ3v) is 3.94. The van der Waals surface area contributed by atoms with Crippen molar-refractivity contribution in [2.45, 2.75) is 18.3 Å². The topological polar surface area (TPSA) is 101 Å². The second-order valence-electron chi connectivity index (χ2n) is 3.62. The minimum atomic E-state index is -1.25. The van der Waals surface area contributed by atoms with Gasteiger partial charge in [0, 0.05) is 11.3 Å². The number of carbonyl (C=O) groups excluding carboxylic acids is 2. The lowest BCUT2D eigenvalue weighted by atomic mass is 10.0. The van der Waals surface area contributed by atoms with Crippen molar-refractivity contribution < 1.29 is 19.5 Å². The largest absolute Gasteiger partial charge is 0.477 e. The molecule has 6 nitrogen and oxygen atoms in total. The number of hydrogen-bond acceptors (Lipinski definition) is 5. The predicted molar refractivity (Wildman–Crippen MR) is 56.4 cm³/mol. The molecule has 0 spiro atoms. The number of rotatable bonds is 2. The number of carbonyl (C=O) groups is 3. The van der Waals surface area contributed by atoms with Gasteiger partial charge in [0.25, 0.3) is 0 Å². The number of thioether (sulfide) groups is 1. The monoisotopic (exact) mass is 242 g/mol. The second kappa shape index (κ2) is 3.60. The van der Waals surface area contributed by atoms with Crippen LogP contribution in [0, 0.1) is 0 Å². The highest BCUT2D eigenvalue weighted by Gasteiger charge is 2.52. The summed E-state index contributed by atoms with van der Waals surface area (Å²) >= 11 is 1.32. The van der Waals surface area contributed by atoms with Gasteiger partial charge in [-0.25, -0.2) is 4.79 Å². The lowest BCUT2D eigenvalue weighted by Gasteiger charge is -2.47. The Kier molecular flexibility index (Phi) is 2.51. The molecule has 1 saturated heterocycles. The van der Waals surface area contributed by atoms with Crippen molar-refractivity contribution in [1.29, 1.82) is 0 Å². The van der Waals surface area contributed by atoms with E-state index in [0.29, 0.717) is 5.75 Å². The summed E-state index contributed by atoms with van der Waals surface area (Å²) in [4.78, 5) is 34.9. The first-order valence-corrected chi connectivity index (χ1v) is 5.67. The summed E-state index contributed by atoms with van der Waals surface area (Å²) in [5, 5.41) is 8.68. The van der Waals surface area contributed by atoms with E-state index in [2.05, 4.69) is 0 Å². The number of ketones is 1.